The standard InChI is InChI=1S/C34H28Cl2/c35-20-19-29-25(21-32-27(13-7-15-30(29)32)23-9-3-1-4-10-23)17-18-26-22-33-28(24-11-5-2-6-12-24)14-8-16-31(33)34(26)36/h1-16,21-22,29,34H,17-20H2. The molecule has 4 aromatic rings. The molecule has 6 rings (SSSR count). The average molecular weight is 508 g/mol. The summed E-state index contributed by atoms with van der Waals surface area (Å²) in [6, 6.07) is 34.5. The van der Waals surface area contributed by atoms with Gasteiger partial charge in [0.25, 0.3) is 0 Å². The van der Waals surface area contributed by atoms with Crippen LogP contribution in [0.5, 0.6) is 0 Å². The molecular formula is C34H28Cl2. The maximum atomic E-state index is 7.04. The first kappa shape index (κ1) is 23.3. The fourth-order valence-corrected chi connectivity index (χ4v) is 6.46. The first-order valence-corrected chi connectivity index (χ1v) is 13.7. The number of allylic oxidation sites excluding steroid dienone is 2. The highest BCUT2D eigenvalue weighted by molar-refractivity contribution is 6.24. The molecule has 2 aliphatic rings. The molecule has 0 aliphatic heterocycles. The minimum atomic E-state index is -0.0700. The van der Waals surface area contributed by atoms with Crippen LogP contribution < -0.4 is 0 Å². The Balaban J connectivity index is 1.29. The summed E-state index contributed by atoms with van der Waals surface area (Å²) in [6.45, 7) is 0. The van der Waals surface area contributed by atoms with E-state index in [9.17, 15) is 0 Å². The zero-order chi connectivity index (χ0) is 24.5. The van der Waals surface area contributed by atoms with Gasteiger partial charge in [-0.05, 0) is 69.3 Å². The highest BCUT2D eigenvalue weighted by atomic mass is 35.5. The lowest BCUT2D eigenvalue weighted by molar-refractivity contribution is 0.728. The van der Waals surface area contributed by atoms with Gasteiger partial charge >= 0.3 is 0 Å². The maximum absolute atomic E-state index is 7.04. The molecule has 0 bridgehead atoms. The van der Waals surface area contributed by atoms with Gasteiger partial charge in [-0.25, -0.2) is 0 Å². The Kier molecular flexibility index (Phi) is 6.57. The van der Waals surface area contributed by atoms with Crippen LogP contribution >= 0.6 is 23.2 Å². The van der Waals surface area contributed by atoms with Crippen LogP contribution in [0.25, 0.3) is 34.4 Å². The van der Waals surface area contributed by atoms with Crippen LogP contribution in [0.15, 0.2) is 108 Å². The lowest BCUT2D eigenvalue weighted by Crippen LogP contribution is -2.01. The molecule has 0 heterocycles. The SMILES string of the molecule is ClCCC1C(CCC2=Cc3c(-c4ccccc4)cccc3C2Cl)=Cc2c(-c3ccccc3)cccc21. The molecule has 2 unspecified atom stereocenters. The molecule has 2 atom stereocenters. The number of benzene rings is 4. The Morgan fingerprint density at radius 1 is 0.556 bits per heavy atom. The predicted molar refractivity (Wildman–Crippen MR) is 156 cm³/mol. The summed E-state index contributed by atoms with van der Waals surface area (Å²) in [4.78, 5) is 0. The van der Waals surface area contributed by atoms with Gasteiger partial charge in [-0.2, -0.15) is 0 Å². The van der Waals surface area contributed by atoms with Gasteiger partial charge in [0.15, 0.2) is 0 Å². The Labute approximate surface area is 223 Å². The molecule has 0 amide bonds. The largest absolute Gasteiger partial charge is 0.127 e. The van der Waals surface area contributed by atoms with Gasteiger partial charge in [-0.15, -0.1) is 23.2 Å². The van der Waals surface area contributed by atoms with Crippen LogP contribution in [0.1, 0.15) is 52.8 Å². The quantitative estimate of drug-likeness (QED) is 0.218. The molecule has 0 aromatic heterocycles. The van der Waals surface area contributed by atoms with Gasteiger partial charge in [0, 0.05) is 11.8 Å². The van der Waals surface area contributed by atoms with E-state index >= 15 is 0 Å². The molecule has 0 fully saturated rings. The van der Waals surface area contributed by atoms with Gasteiger partial charge in [0.05, 0.1) is 5.38 Å². The normalized spacial score (nSPS) is 17.9. The summed E-state index contributed by atoms with van der Waals surface area (Å²) in [6.07, 6.45) is 7.67. The molecule has 4 aromatic carbocycles. The molecule has 2 heteroatoms. The molecule has 0 nitrogen and oxygen atoms in total. The fourth-order valence-electron chi connectivity index (χ4n) is 5.88. The number of fused-ring (bicyclic) bond motifs is 2. The van der Waals surface area contributed by atoms with Gasteiger partial charge in [-0.1, -0.05) is 115 Å². The summed E-state index contributed by atoms with van der Waals surface area (Å²) < 4.78 is 0. The lowest BCUT2D eigenvalue weighted by atomic mass is 9.88. The Morgan fingerprint density at radius 3 is 1.69 bits per heavy atom. The monoisotopic (exact) mass is 506 g/mol. The number of halogens is 2. The van der Waals surface area contributed by atoms with E-state index in [2.05, 4.69) is 109 Å². The van der Waals surface area contributed by atoms with E-state index in [0.29, 0.717) is 11.8 Å². The number of rotatable bonds is 7. The van der Waals surface area contributed by atoms with Gasteiger partial charge < -0.3 is 0 Å². The Morgan fingerprint density at radius 2 is 1.08 bits per heavy atom. The van der Waals surface area contributed by atoms with Gasteiger partial charge in [0.1, 0.15) is 0 Å². The van der Waals surface area contributed by atoms with Crippen molar-refractivity contribution in [3.05, 3.63) is 130 Å². The first-order valence-electron chi connectivity index (χ1n) is 12.7. The third-order valence-corrected chi connectivity index (χ3v) is 8.36. The Bertz CT molecular complexity index is 1450. The summed E-state index contributed by atoms with van der Waals surface area (Å²) in [5.41, 5.74) is 13.1. The van der Waals surface area contributed by atoms with Crippen LogP contribution in [-0.4, -0.2) is 5.88 Å². The molecule has 178 valence electrons. The molecule has 0 saturated heterocycles. The molecule has 0 N–H and O–H groups in total. The third-order valence-electron chi connectivity index (χ3n) is 7.63. The van der Waals surface area contributed by atoms with Crippen molar-refractivity contribution in [2.45, 2.75) is 30.6 Å². The van der Waals surface area contributed by atoms with Crippen molar-refractivity contribution in [1.29, 1.82) is 0 Å². The summed E-state index contributed by atoms with van der Waals surface area (Å²) >= 11 is 13.3. The van der Waals surface area contributed by atoms with E-state index in [4.69, 9.17) is 23.2 Å². The molecule has 0 radical (unpaired) electrons. The summed E-state index contributed by atoms with van der Waals surface area (Å²) in [7, 11) is 0. The highest BCUT2D eigenvalue weighted by Crippen LogP contribution is 2.48. The summed E-state index contributed by atoms with van der Waals surface area (Å²) in [5.74, 6) is 1.03. The zero-order valence-electron chi connectivity index (χ0n) is 20.1. The number of hydrogen-bond donors (Lipinski definition) is 0. The number of hydrogen-bond acceptors (Lipinski definition) is 0. The van der Waals surface area contributed by atoms with E-state index < -0.39 is 0 Å². The van der Waals surface area contributed by atoms with E-state index in [1.54, 1.807) is 0 Å². The Hall–Kier alpha value is -3.06. The second-order valence-corrected chi connectivity index (χ2v) is 10.5. The zero-order valence-corrected chi connectivity index (χ0v) is 21.6. The highest BCUT2D eigenvalue weighted by Gasteiger charge is 2.29. The lowest BCUT2D eigenvalue weighted by Gasteiger charge is -2.17. The maximum Gasteiger partial charge on any atom is 0.0804 e. The summed E-state index contributed by atoms with van der Waals surface area (Å²) in [5, 5.41) is -0.0700. The average Bonchev–Trinajstić information content (AvgIpc) is 3.45. The topological polar surface area (TPSA) is 0 Å². The van der Waals surface area contributed by atoms with Crippen LogP contribution in [-0.2, 0) is 0 Å². The fraction of sp³-hybridized carbons (Fsp3) is 0.176. The minimum Gasteiger partial charge on any atom is -0.127 e. The van der Waals surface area contributed by atoms with Crippen LogP contribution in [0, 0.1) is 0 Å². The minimum absolute atomic E-state index is 0.0700. The van der Waals surface area contributed by atoms with E-state index in [-0.39, 0.29) is 5.38 Å². The number of alkyl halides is 2. The van der Waals surface area contributed by atoms with Crippen molar-refractivity contribution in [1.82, 2.24) is 0 Å². The molecule has 0 spiro atoms. The van der Waals surface area contributed by atoms with E-state index in [1.807, 2.05) is 0 Å². The molecule has 0 saturated carbocycles. The second-order valence-electron chi connectivity index (χ2n) is 9.68. The van der Waals surface area contributed by atoms with Crippen molar-refractivity contribution in [3.63, 3.8) is 0 Å². The van der Waals surface area contributed by atoms with Gasteiger partial charge in [-0.3, -0.25) is 0 Å². The van der Waals surface area contributed by atoms with Crippen molar-refractivity contribution in [3.8, 4) is 22.3 Å². The van der Waals surface area contributed by atoms with Crippen molar-refractivity contribution >= 4 is 35.4 Å². The van der Waals surface area contributed by atoms with Crippen LogP contribution in [0.3, 0.4) is 0 Å². The van der Waals surface area contributed by atoms with Crippen molar-refractivity contribution < 1.29 is 0 Å². The molecule has 2 aliphatic carbocycles. The second kappa shape index (κ2) is 10.1. The molecule has 36 heavy (non-hydrogen) atoms. The third kappa shape index (κ3) is 4.23. The predicted octanol–water partition coefficient (Wildman–Crippen LogP) is 10.3. The van der Waals surface area contributed by atoms with Crippen molar-refractivity contribution in [2.24, 2.45) is 0 Å². The van der Waals surface area contributed by atoms with Gasteiger partial charge in [0.2, 0.25) is 0 Å². The van der Waals surface area contributed by atoms with E-state index in [1.165, 1.54) is 55.7 Å². The van der Waals surface area contributed by atoms with Crippen molar-refractivity contribution in [2.75, 3.05) is 5.88 Å². The van der Waals surface area contributed by atoms with Crippen LogP contribution in [0.2, 0.25) is 0 Å². The molecular weight excluding hydrogens is 479 g/mol. The smallest absolute Gasteiger partial charge is 0.0804 e. The first-order chi connectivity index (χ1) is 17.7. The van der Waals surface area contributed by atoms with E-state index in [0.717, 1.165) is 19.3 Å². The van der Waals surface area contributed by atoms with Crippen LogP contribution in [0.4, 0.5) is 0 Å².